The Morgan fingerprint density at radius 2 is 1.61 bits per heavy atom. The van der Waals surface area contributed by atoms with E-state index in [0.29, 0.717) is 38.5 Å². The van der Waals surface area contributed by atoms with Gasteiger partial charge in [0, 0.05) is 70.0 Å². The number of anilines is 4. The monoisotopic (exact) mass is 487 g/mol. The van der Waals surface area contributed by atoms with Crippen LogP contribution >= 0.6 is 0 Å². The minimum atomic E-state index is -0.870. The van der Waals surface area contributed by atoms with Gasteiger partial charge in [0.05, 0.1) is 0 Å². The Labute approximate surface area is 211 Å². The number of benzene rings is 2. The van der Waals surface area contributed by atoms with E-state index in [1.807, 2.05) is 18.2 Å². The molecular formula is C27H33N7O2. The number of nitrogens with zero attached hydrogens (tertiary/aromatic N) is 5. The molecule has 3 N–H and O–H groups in total. The Morgan fingerprint density at radius 1 is 0.917 bits per heavy atom. The van der Waals surface area contributed by atoms with Gasteiger partial charge in [-0.2, -0.15) is 9.97 Å². The second kappa shape index (κ2) is 10.8. The first-order chi connectivity index (χ1) is 17.6. The first-order valence-electron chi connectivity index (χ1n) is 12.5. The number of amides is 1. The van der Waals surface area contributed by atoms with E-state index in [2.05, 4.69) is 63.8 Å². The van der Waals surface area contributed by atoms with E-state index in [9.17, 15) is 9.90 Å². The molecule has 188 valence electrons. The lowest BCUT2D eigenvalue weighted by atomic mass is 10.0. The van der Waals surface area contributed by atoms with Crippen molar-refractivity contribution in [2.75, 3.05) is 67.5 Å². The van der Waals surface area contributed by atoms with Gasteiger partial charge in [-0.15, -0.1) is 0 Å². The van der Waals surface area contributed by atoms with Gasteiger partial charge in [0.2, 0.25) is 5.95 Å². The molecule has 2 aliphatic heterocycles. The summed E-state index contributed by atoms with van der Waals surface area (Å²) >= 11 is 0. The maximum atomic E-state index is 11.5. The third kappa shape index (κ3) is 5.52. The van der Waals surface area contributed by atoms with E-state index in [-0.39, 0.29) is 0 Å². The molecule has 0 aliphatic carbocycles. The topological polar surface area (TPSA) is 96.9 Å². The van der Waals surface area contributed by atoms with Crippen molar-refractivity contribution in [1.29, 1.82) is 0 Å². The number of hydrogen-bond acceptors (Lipinski definition) is 7. The molecule has 0 unspecified atom stereocenters. The van der Waals surface area contributed by atoms with E-state index in [0.717, 1.165) is 49.1 Å². The van der Waals surface area contributed by atoms with Gasteiger partial charge >= 0.3 is 6.09 Å². The average Bonchev–Trinajstić information content (AvgIpc) is 2.92. The van der Waals surface area contributed by atoms with E-state index in [1.165, 1.54) is 16.0 Å². The number of nitrogens with one attached hydrogen (secondary N) is 2. The Kier molecular flexibility index (Phi) is 7.18. The second-order valence-corrected chi connectivity index (χ2v) is 9.32. The molecule has 0 atom stereocenters. The van der Waals surface area contributed by atoms with Crippen LogP contribution in [0, 0.1) is 6.92 Å². The van der Waals surface area contributed by atoms with Crippen molar-refractivity contribution in [3.8, 4) is 0 Å². The summed E-state index contributed by atoms with van der Waals surface area (Å²) in [5.41, 5.74) is 4.37. The quantitative estimate of drug-likeness (QED) is 0.487. The highest BCUT2D eigenvalue weighted by Gasteiger charge is 2.27. The maximum Gasteiger partial charge on any atom is 0.407 e. The number of aryl methyl sites for hydroxylation is 1. The summed E-state index contributed by atoms with van der Waals surface area (Å²) in [5, 5.41) is 16.4. The lowest BCUT2D eigenvalue weighted by Crippen LogP contribution is -2.49. The van der Waals surface area contributed by atoms with Crippen molar-refractivity contribution in [1.82, 2.24) is 20.2 Å². The summed E-state index contributed by atoms with van der Waals surface area (Å²) in [6.45, 7) is 7.63. The van der Waals surface area contributed by atoms with E-state index in [1.54, 1.807) is 0 Å². The molecule has 3 heterocycles. The fraction of sp³-hybridized carbons (Fsp3) is 0.370. The fourth-order valence-corrected chi connectivity index (χ4v) is 4.68. The maximum absolute atomic E-state index is 11.5. The third-order valence-corrected chi connectivity index (χ3v) is 6.76. The molecule has 2 fully saturated rings. The van der Waals surface area contributed by atoms with Crippen molar-refractivity contribution in [2.24, 2.45) is 0 Å². The first-order valence-corrected chi connectivity index (χ1v) is 12.5. The number of aromatic nitrogens is 2. The van der Waals surface area contributed by atoms with Crippen LogP contribution in [0.2, 0.25) is 0 Å². The largest absolute Gasteiger partial charge is 0.465 e. The third-order valence-electron chi connectivity index (χ3n) is 6.76. The highest BCUT2D eigenvalue weighted by molar-refractivity contribution is 5.70. The molecule has 0 spiro atoms. The van der Waals surface area contributed by atoms with Crippen molar-refractivity contribution < 1.29 is 9.90 Å². The van der Waals surface area contributed by atoms with Gasteiger partial charge in [-0.3, -0.25) is 0 Å². The smallest absolute Gasteiger partial charge is 0.407 e. The summed E-state index contributed by atoms with van der Waals surface area (Å²) in [6, 6.07) is 18.7. The molecule has 1 aromatic heterocycles. The predicted octanol–water partition coefficient (Wildman–Crippen LogP) is 3.33. The zero-order valence-corrected chi connectivity index (χ0v) is 20.7. The molecule has 9 nitrogen and oxygen atoms in total. The zero-order chi connectivity index (χ0) is 24.9. The van der Waals surface area contributed by atoms with Gasteiger partial charge in [-0.25, -0.2) is 4.79 Å². The van der Waals surface area contributed by atoms with Crippen LogP contribution in [0.3, 0.4) is 0 Å². The molecule has 9 heteroatoms. The van der Waals surface area contributed by atoms with Crippen molar-refractivity contribution in [3.05, 3.63) is 71.3 Å². The molecular weight excluding hydrogens is 454 g/mol. The van der Waals surface area contributed by atoms with E-state index < -0.39 is 6.09 Å². The molecule has 0 saturated carbocycles. The predicted molar refractivity (Wildman–Crippen MR) is 143 cm³/mol. The summed E-state index contributed by atoms with van der Waals surface area (Å²) in [4.78, 5) is 27.6. The van der Waals surface area contributed by atoms with E-state index >= 15 is 0 Å². The summed E-state index contributed by atoms with van der Waals surface area (Å²) in [6.07, 6.45) is -0.198. The zero-order valence-electron chi connectivity index (χ0n) is 20.7. The van der Waals surface area contributed by atoms with Crippen LogP contribution in [0.15, 0.2) is 54.6 Å². The van der Waals surface area contributed by atoms with Crippen LogP contribution in [0.4, 0.5) is 28.1 Å². The van der Waals surface area contributed by atoms with Crippen LogP contribution in [0.25, 0.3) is 0 Å². The number of piperazine rings is 2. The Hall–Kier alpha value is -3.85. The van der Waals surface area contributed by atoms with Crippen molar-refractivity contribution in [2.45, 2.75) is 13.3 Å². The first kappa shape index (κ1) is 23.9. The lowest BCUT2D eigenvalue weighted by molar-refractivity contribution is 0.142. The van der Waals surface area contributed by atoms with Crippen LogP contribution in [-0.4, -0.2) is 78.4 Å². The Balaban J connectivity index is 1.58. The number of carbonyl (C=O) groups is 1. The lowest BCUT2D eigenvalue weighted by Gasteiger charge is -2.36. The molecule has 2 aromatic carbocycles. The van der Waals surface area contributed by atoms with Crippen molar-refractivity contribution >= 4 is 29.4 Å². The molecule has 36 heavy (non-hydrogen) atoms. The number of rotatable bonds is 6. The molecule has 0 bridgehead atoms. The molecule has 0 radical (unpaired) electrons. The van der Waals surface area contributed by atoms with Crippen LogP contribution < -0.4 is 20.4 Å². The molecule has 2 saturated heterocycles. The summed E-state index contributed by atoms with van der Waals surface area (Å²) in [5.74, 6) is 2.38. The minimum Gasteiger partial charge on any atom is -0.465 e. The van der Waals surface area contributed by atoms with Gasteiger partial charge in [0.15, 0.2) is 0 Å². The molecule has 1 amide bonds. The normalized spacial score (nSPS) is 16.2. The Morgan fingerprint density at radius 3 is 2.28 bits per heavy atom. The van der Waals surface area contributed by atoms with Gasteiger partial charge < -0.3 is 30.4 Å². The van der Waals surface area contributed by atoms with E-state index in [4.69, 9.17) is 9.97 Å². The fourth-order valence-electron chi connectivity index (χ4n) is 4.68. The van der Waals surface area contributed by atoms with Gasteiger partial charge in [0.1, 0.15) is 11.6 Å². The van der Waals surface area contributed by atoms with Gasteiger partial charge in [0.25, 0.3) is 0 Å². The number of hydrogen-bond donors (Lipinski definition) is 3. The Bertz CT molecular complexity index is 1170. The van der Waals surface area contributed by atoms with Crippen LogP contribution in [0.5, 0.6) is 0 Å². The van der Waals surface area contributed by atoms with Crippen LogP contribution in [-0.2, 0) is 6.42 Å². The van der Waals surface area contributed by atoms with Crippen LogP contribution in [0.1, 0.15) is 16.7 Å². The second-order valence-electron chi connectivity index (χ2n) is 9.32. The molecule has 5 rings (SSSR count). The molecule has 2 aliphatic rings. The van der Waals surface area contributed by atoms with Crippen molar-refractivity contribution in [3.63, 3.8) is 0 Å². The summed E-state index contributed by atoms with van der Waals surface area (Å²) in [7, 11) is 0. The molecule has 3 aromatic rings. The average molecular weight is 488 g/mol. The van der Waals surface area contributed by atoms with Gasteiger partial charge in [-0.1, -0.05) is 48.0 Å². The highest BCUT2D eigenvalue weighted by Crippen LogP contribution is 2.32. The summed E-state index contributed by atoms with van der Waals surface area (Å²) < 4.78 is 0. The standard InChI is InChI=1S/C27H33N7O2/c1-20-7-9-22(10-8-20)29-24-23(19-21-5-3-2-4-6-21)25(32-15-17-34(18-16-32)27(35)36)31-26(30-24)33-13-11-28-12-14-33/h2-10,28H,11-19H2,1H3,(H,35,36)(H,29,30,31). The highest BCUT2D eigenvalue weighted by atomic mass is 16.4. The number of carboxylic acid groups (broad SMARTS) is 1. The van der Waals surface area contributed by atoms with Gasteiger partial charge in [-0.05, 0) is 24.6 Å². The minimum absolute atomic E-state index is 0.452. The SMILES string of the molecule is Cc1ccc(Nc2nc(N3CCNCC3)nc(N3CCN(C(=O)O)CC3)c2Cc2ccccc2)cc1.